The number of fused-ring (bicyclic) bond motifs is 1. The van der Waals surface area contributed by atoms with Gasteiger partial charge in [0.2, 0.25) is 0 Å². The van der Waals surface area contributed by atoms with Crippen molar-refractivity contribution in [1.29, 1.82) is 0 Å². The molecule has 0 N–H and O–H groups in total. The summed E-state index contributed by atoms with van der Waals surface area (Å²) in [6, 6.07) is 4.88. The normalized spacial score (nSPS) is 10.8. The van der Waals surface area contributed by atoms with E-state index in [1.54, 1.807) is 0 Å². The third kappa shape index (κ3) is 2.98. The summed E-state index contributed by atoms with van der Waals surface area (Å²) in [4.78, 5) is 20.5. The molecule has 25 heavy (non-hydrogen) atoms. The van der Waals surface area contributed by atoms with Crippen LogP contribution < -0.4 is 4.74 Å². The topological polar surface area (TPSA) is 61.3 Å². The van der Waals surface area contributed by atoms with Crippen molar-refractivity contribution >= 4 is 28.6 Å². The first-order chi connectivity index (χ1) is 12.0. The van der Waals surface area contributed by atoms with E-state index >= 15 is 0 Å². The van der Waals surface area contributed by atoms with Gasteiger partial charge in [-0.1, -0.05) is 17.7 Å². The molecule has 1 heterocycles. The molecule has 1 aromatic heterocycles. The Morgan fingerprint density at radius 1 is 1.16 bits per heavy atom. The van der Waals surface area contributed by atoms with Gasteiger partial charge in [0.15, 0.2) is 11.6 Å². The number of hydrogen-bond acceptors (Lipinski definition) is 5. The number of aromatic nitrogens is 2. The summed E-state index contributed by atoms with van der Waals surface area (Å²) in [5.41, 5.74) is 1.15. The van der Waals surface area contributed by atoms with E-state index in [4.69, 9.17) is 21.1 Å². The molecule has 3 aromatic rings. The molecular weight excluding hydrogens is 354 g/mol. The number of rotatable bonds is 3. The predicted octanol–water partition coefficient (Wildman–Crippen LogP) is 4.02. The fourth-order valence-corrected chi connectivity index (χ4v) is 2.64. The van der Waals surface area contributed by atoms with Gasteiger partial charge >= 0.3 is 5.97 Å². The Hall–Kier alpha value is -2.80. The van der Waals surface area contributed by atoms with Crippen LogP contribution in [0.1, 0.15) is 10.4 Å². The Bertz CT molecular complexity index is 995. The third-order valence-corrected chi connectivity index (χ3v) is 3.77. The maximum atomic E-state index is 13.6. The first kappa shape index (κ1) is 17.0. The van der Waals surface area contributed by atoms with E-state index in [9.17, 15) is 13.6 Å². The van der Waals surface area contributed by atoms with Crippen molar-refractivity contribution in [2.75, 3.05) is 14.2 Å². The highest BCUT2D eigenvalue weighted by atomic mass is 35.5. The first-order valence-corrected chi connectivity index (χ1v) is 7.41. The number of ether oxygens (including phenoxy) is 2. The summed E-state index contributed by atoms with van der Waals surface area (Å²) < 4.78 is 37.0. The fraction of sp³-hybridized carbons (Fsp3) is 0.118. The lowest BCUT2D eigenvalue weighted by Gasteiger charge is -2.15. The molecule has 0 aliphatic heterocycles. The number of methoxy groups -OCH3 is 2. The minimum Gasteiger partial charge on any atom is -0.495 e. The zero-order valence-electron chi connectivity index (χ0n) is 13.1. The van der Waals surface area contributed by atoms with Gasteiger partial charge in [-0.2, -0.15) is 0 Å². The van der Waals surface area contributed by atoms with Crippen LogP contribution in [0.4, 0.5) is 8.78 Å². The van der Waals surface area contributed by atoms with Crippen molar-refractivity contribution in [1.82, 2.24) is 9.97 Å². The van der Waals surface area contributed by atoms with Gasteiger partial charge in [-0.15, -0.1) is 0 Å². The highest BCUT2D eigenvalue weighted by Crippen LogP contribution is 2.38. The fourth-order valence-electron chi connectivity index (χ4n) is 2.50. The molecular formula is C17H11ClF2N2O3. The van der Waals surface area contributed by atoms with E-state index in [1.165, 1.54) is 32.5 Å². The van der Waals surface area contributed by atoms with Crippen molar-refractivity contribution in [3.8, 4) is 16.9 Å². The summed E-state index contributed by atoms with van der Waals surface area (Å²) >= 11 is 5.87. The minimum absolute atomic E-state index is 0.0198. The number of carbonyl (C=O) groups is 1. The number of carbonyl (C=O) groups excluding carboxylic acids is 1. The number of benzene rings is 2. The zero-order valence-corrected chi connectivity index (χ0v) is 13.9. The number of nitrogens with zero attached hydrogens (tertiary/aromatic N) is 2. The molecule has 0 aliphatic rings. The van der Waals surface area contributed by atoms with Gasteiger partial charge in [0.05, 0.1) is 25.9 Å². The predicted molar refractivity (Wildman–Crippen MR) is 87.8 cm³/mol. The second-order valence-corrected chi connectivity index (χ2v) is 5.40. The van der Waals surface area contributed by atoms with Crippen LogP contribution in [-0.2, 0) is 4.74 Å². The van der Waals surface area contributed by atoms with Crippen LogP contribution in [-0.4, -0.2) is 30.2 Å². The van der Waals surface area contributed by atoms with Gasteiger partial charge in [0.25, 0.3) is 0 Å². The number of hydrogen-bond donors (Lipinski definition) is 0. The van der Waals surface area contributed by atoms with E-state index in [1.807, 2.05) is 0 Å². The highest BCUT2D eigenvalue weighted by Gasteiger charge is 2.24. The summed E-state index contributed by atoms with van der Waals surface area (Å²) in [6.45, 7) is 0. The van der Waals surface area contributed by atoms with Gasteiger partial charge in [-0.05, 0) is 23.8 Å². The van der Waals surface area contributed by atoms with Crippen LogP contribution in [0.15, 0.2) is 30.5 Å². The van der Waals surface area contributed by atoms with E-state index in [-0.39, 0.29) is 27.5 Å². The summed E-state index contributed by atoms with van der Waals surface area (Å²) in [7, 11) is 2.56. The van der Waals surface area contributed by atoms with Gasteiger partial charge < -0.3 is 9.47 Å². The Morgan fingerprint density at radius 2 is 1.92 bits per heavy atom. The molecule has 0 aliphatic carbocycles. The van der Waals surface area contributed by atoms with E-state index in [0.29, 0.717) is 11.1 Å². The second kappa shape index (κ2) is 6.60. The first-order valence-electron chi connectivity index (χ1n) is 7.03. The SMILES string of the molecule is COC(=O)c1c(OC)c(-c2ccc(F)c(F)c2)cc2nc(Cl)cnc12. The molecule has 0 fully saturated rings. The largest absolute Gasteiger partial charge is 0.495 e. The van der Waals surface area contributed by atoms with Crippen LogP contribution in [0.5, 0.6) is 5.75 Å². The molecule has 5 nitrogen and oxygen atoms in total. The molecule has 0 atom stereocenters. The van der Waals surface area contributed by atoms with Crippen LogP contribution in [0.3, 0.4) is 0 Å². The summed E-state index contributed by atoms with van der Waals surface area (Å²) in [5.74, 6) is -2.61. The van der Waals surface area contributed by atoms with Crippen molar-refractivity contribution < 1.29 is 23.0 Å². The van der Waals surface area contributed by atoms with Crippen molar-refractivity contribution in [2.24, 2.45) is 0 Å². The van der Waals surface area contributed by atoms with Crippen LogP contribution in [0.2, 0.25) is 5.15 Å². The standard InChI is InChI=1S/C17H11ClF2N2O3/c1-24-16-9(8-3-4-10(19)11(20)5-8)6-12-15(14(16)17(23)25-2)21-7-13(18)22-12/h3-7H,1-2H3. The molecule has 3 rings (SSSR count). The molecule has 8 heteroatoms. The second-order valence-electron chi connectivity index (χ2n) is 5.01. The van der Waals surface area contributed by atoms with E-state index in [0.717, 1.165) is 12.1 Å². The van der Waals surface area contributed by atoms with Crippen LogP contribution >= 0.6 is 11.6 Å². The lowest BCUT2D eigenvalue weighted by atomic mass is 9.99. The van der Waals surface area contributed by atoms with Crippen molar-refractivity contribution in [3.05, 3.63) is 52.8 Å². The number of halogens is 3. The Kier molecular flexibility index (Phi) is 4.50. The highest BCUT2D eigenvalue weighted by molar-refractivity contribution is 6.29. The molecule has 0 spiro atoms. The number of esters is 1. The Morgan fingerprint density at radius 3 is 2.56 bits per heavy atom. The molecule has 2 aromatic carbocycles. The van der Waals surface area contributed by atoms with Gasteiger partial charge in [0, 0.05) is 5.56 Å². The molecule has 128 valence electrons. The average Bonchev–Trinajstić information content (AvgIpc) is 2.61. The molecule has 0 radical (unpaired) electrons. The Labute approximate surface area is 146 Å². The zero-order chi connectivity index (χ0) is 18.1. The monoisotopic (exact) mass is 364 g/mol. The minimum atomic E-state index is -1.03. The Balaban J connectivity index is 2.41. The smallest absolute Gasteiger partial charge is 0.343 e. The van der Waals surface area contributed by atoms with Crippen LogP contribution in [0.25, 0.3) is 22.2 Å². The maximum absolute atomic E-state index is 13.6. The third-order valence-electron chi connectivity index (χ3n) is 3.58. The van der Waals surface area contributed by atoms with Gasteiger partial charge in [-0.3, -0.25) is 4.98 Å². The van der Waals surface area contributed by atoms with E-state index < -0.39 is 17.6 Å². The summed E-state index contributed by atoms with van der Waals surface area (Å²) in [5, 5.41) is 0.115. The quantitative estimate of drug-likeness (QED) is 0.657. The molecule has 0 saturated heterocycles. The maximum Gasteiger partial charge on any atom is 0.343 e. The van der Waals surface area contributed by atoms with Gasteiger partial charge in [0.1, 0.15) is 22.0 Å². The molecule has 0 unspecified atom stereocenters. The van der Waals surface area contributed by atoms with Crippen molar-refractivity contribution in [2.45, 2.75) is 0 Å². The summed E-state index contributed by atoms with van der Waals surface area (Å²) in [6.07, 6.45) is 1.28. The van der Waals surface area contributed by atoms with E-state index in [2.05, 4.69) is 9.97 Å². The lowest BCUT2D eigenvalue weighted by molar-refractivity contribution is 0.0599. The molecule has 0 bridgehead atoms. The average molecular weight is 365 g/mol. The molecule has 0 amide bonds. The van der Waals surface area contributed by atoms with Crippen molar-refractivity contribution in [3.63, 3.8) is 0 Å². The lowest BCUT2D eigenvalue weighted by Crippen LogP contribution is -2.08. The molecule has 0 saturated carbocycles. The van der Waals surface area contributed by atoms with Crippen LogP contribution in [0, 0.1) is 11.6 Å². The van der Waals surface area contributed by atoms with Gasteiger partial charge in [-0.25, -0.2) is 18.6 Å².